The Morgan fingerprint density at radius 2 is 0.600 bits per heavy atom. The predicted octanol–water partition coefficient (Wildman–Crippen LogP) is 20.4. The number of para-hydroxylation sites is 4. The van der Waals surface area contributed by atoms with Gasteiger partial charge in [-0.05, 0) is 137 Å². The van der Waals surface area contributed by atoms with Crippen LogP contribution >= 0.6 is 0 Å². The first-order chi connectivity index (χ1) is 39.4. The average Bonchev–Trinajstić information content (AvgIpc) is 4.21. The largest absolute Gasteiger partial charge is 0.310 e. The summed E-state index contributed by atoms with van der Waals surface area (Å²) in [6, 6.07) is 89.6. The fraction of sp³-hybridized carbons (Fsp3) is 0. The molecule has 0 saturated heterocycles. The van der Waals surface area contributed by atoms with E-state index in [1.165, 1.54) is 17.0 Å². The Morgan fingerprint density at radius 1 is 0.237 bits per heavy atom. The highest BCUT2D eigenvalue weighted by Gasteiger charge is 2.32. The molecule has 0 aliphatic heterocycles. The van der Waals surface area contributed by atoms with Crippen molar-refractivity contribution in [1.82, 2.24) is 9.13 Å². The molecule has 2 heterocycles. The molecular weight excluding hydrogens is 997 g/mol. The Bertz CT molecular complexity index is 4610. The van der Waals surface area contributed by atoms with Crippen LogP contribution < -0.4 is 9.80 Å². The maximum atomic E-state index is 17.6. The molecule has 0 amide bonds. The first kappa shape index (κ1) is 48.0. The smallest absolute Gasteiger partial charge is 0.186 e. The number of halogens is 4. The van der Waals surface area contributed by atoms with E-state index in [0.29, 0.717) is 17.1 Å². The van der Waals surface area contributed by atoms with Crippen LogP contribution in [0.5, 0.6) is 0 Å². The van der Waals surface area contributed by atoms with Crippen LogP contribution in [0, 0.1) is 23.3 Å². The van der Waals surface area contributed by atoms with E-state index in [2.05, 4.69) is 80.8 Å². The van der Waals surface area contributed by atoms with Crippen molar-refractivity contribution in [3.8, 4) is 44.8 Å². The summed E-state index contributed by atoms with van der Waals surface area (Å²) in [6.45, 7) is 0. The predicted molar refractivity (Wildman–Crippen MR) is 321 cm³/mol. The molecule has 8 heteroatoms. The summed E-state index contributed by atoms with van der Waals surface area (Å²) in [5.41, 5.74) is 10.6. The van der Waals surface area contributed by atoms with Gasteiger partial charge in [0, 0.05) is 61.4 Å². The van der Waals surface area contributed by atoms with E-state index in [0.717, 1.165) is 88.6 Å². The molecule has 0 N–H and O–H groups in total. The molecule has 0 aliphatic carbocycles. The van der Waals surface area contributed by atoms with Gasteiger partial charge in [0.2, 0.25) is 0 Å². The van der Waals surface area contributed by atoms with Gasteiger partial charge in [0.05, 0.1) is 27.6 Å². The zero-order chi connectivity index (χ0) is 53.8. The van der Waals surface area contributed by atoms with Crippen LogP contribution in [0.1, 0.15) is 0 Å². The number of benzene rings is 12. The highest BCUT2D eigenvalue weighted by atomic mass is 19.2. The minimum absolute atomic E-state index is 0.0414. The van der Waals surface area contributed by atoms with E-state index in [1.807, 2.05) is 164 Å². The second-order valence-corrected chi connectivity index (χ2v) is 19.8. The lowest BCUT2D eigenvalue weighted by molar-refractivity contribution is 0.461. The third kappa shape index (κ3) is 8.16. The molecule has 4 nitrogen and oxygen atoms in total. The third-order valence-electron chi connectivity index (χ3n) is 15.2. The molecule has 382 valence electrons. The minimum Gasteiger partial charge on any atom is -0.310 e. The van der Waals surface area contributed by atoms with Crippen LogP contribution in [-0.2, 0) is 0 Å². The summed E-state index contributed by atoms with van der Waals surface area (Å²) in [5, 5.41) is 3.77. The number of nitrogens with zero attached hydrogens (tertiary/aromatic N) is 4. The molecule has 0 radical (unpaired) electrons. The van der Waals surface area contributed by atoms with Gasteiger partial charge in [0.1, 0.15) is 5.69 Å². The van der Waals surface area contributed by atoms with Gasteiger partial charge in [-0.25, -0.2) is 17.6 Å². The van der Waals surface area contributed by atoms with Gasteiger partial charge in [-0.15, -0.1) is 0 Å². The SMILES string of the molecule is Fc1c(F)c(N(c2cccc(-c3ccccc3)c2)c2ccc3c(c2)c2ccccc2n3-c2ccccc2)c(F)c(F)c1-c1ccc(N(c2cccc(-c3ccccc3)c2)c2ccc3c(c2)c2ccccc2n3-c2ccccc2)cc1. The van der Waals surface area contributed by atoms with Crippen LogP contribution in [0.2, 0.25) is 0 Å². The van der Waals surface area contributed by atoms with Crippen LogP contribution in [0.15, 0.2) is 279 Å². The summed E-state index contributed by atoms with van der Waals surface area (Å²) in [4.78, 5) is 3.36. The van der Waals surface area contributed by atoms with E-state index >= 15 is 17.6 Å². The first-order valence-corrected chi connectivity index (χ1v) is 26.4. The topological polar surface area (TPSA) is 16.3 Å². The van der Waals surface area contributed by atoms with Crippen molar-refractivity contribution in [1.29, 1.82) is 0 Å². The fourth-order valence-corrected chi connectivity index (χ4v) is 11.5. The van der Waals surface area contributed by atoms with Crippen LogP contribution in [0.3, 0.4) is 0 Å². The fourth-order valence-electron chi connectivity index (χ4n) is 11.5. The number of hydrogen-bond acceptors (Lipinski definition) is 2. The maximum Gasteiger partial charge on any atom is 0.186 e. The Labute approximate surface area is 459 Å². The van der Waals surface area contributed by atoms with Crippen molar-refractivity contribution in [2.75, 3.05) is 9.80 Å². The van der Waals surface area contributed by atoms with Gasteiger partial charge in [0.15, 0.2) is 23.3 Å². The molecule has 0 saturated carbocycles. The molecule has 0 atom stereocenters. The quantitative estimate of drug-likeness (QED) is 0.0948. The van der Waals surface area contributed by atoms with Gasteiger partial charge < -0.3 is 18.9 Å². The number of aromatic nitrogens is 2. The van der Waals surface area contributed by atoms with Gasteiger partial charge in [0.25, 0.3) is 0 Å². The Balaban J connectivity index is 0.909. The number of hydrogen-bond donors (Lipinski definition) is 0. The molecule has 12 aromatic carbocycles. The van der Waals surface area contributed by atoms with Gasteiger partial charge >= 0.3 is 0 Å². The van der Waals surface area contributed by atoms with Crippen LogP contribution in [-0.4, -0.2) is 9.13 Å². The van der Waals surface area contributed by atoms with Crippen LogP contribution in [0.4, 0.5) is 51.7 Å². The third-order valence-corrected chi connectivity index (χ3v) is 15.2. The molecule has 0 fully saturated rings. The highest BCUT2D eigenvalue weighted by molar-refractivity contribution is 6.12. The molecule has 0 unspecified atom stereocenters. The lowest BCUT2D eigenvalue weighted by atomic mass is 10.00. The molecule has 0 spiro atoms. The molecule has 2 aromatic heterocycles. The number of rotatable bonds is 11. The second-order valence-electron chi connectivity index (χ2n) is 19.8. The van der Waals surface area contributed by atoms with E-state index in [9.17, 15) is 0 Å². The molecule has 14 rings (SSSR count). The summed E-state index contributed by atoms with van der Waals surface area (Å²) < 4.78 is 74.2. The average molecular weight is 1040 g/mol. The molecule has 0 aliphatic rings. The zero-order valence-corrected chi connectivity index (χ0v) is 42.9. The summed E-state index contributed by atoms with van der Waals surface area (Å²) in [6.07, 6.45) is 0. The van der Waals surface area contributed by atoms with Crippen LogP contribution in [0.25, 0.3) is 88.4 Å². The van der Waals surface area contributed by atoms with E-state index in [1.54, 1.807) is 36.4 Å². The van der Waals surface area contributed by atoms with Gasteiger partial charge in [-0.3, -0.25) is 0 Å². The van der Waals surface area contributed by atoms with Crippen molar-refractivity contribution in [3.05, 3.63) is 302 Å². The van der Waals surface area contributed by atoms with Gasteiger partial charge in [-0.1, -0.05) is 170 Å². The number of fused-ring (bicyclic) bond motifs is 6. The Morgan fingerprint density at radius 3 is 1.07 bits per heavy atom. The van der Waals surface area contributed by atoms with Gasteiger partial charge in [-0.2, -0.15) is 0 Å². The molecule has 14 aromatic rings. The van der Waals surface area contributed by atoms with Crippen molar-refractivity contribution in [2.24, 2.45) is 0 Å². The lowest BCUT2D eigenvalue weighted by Gasteiger charge is -2.28. The summed E-state index contributed by atoms with van der Waals surface area (Å²) >= 11 is 0. The Kier molecular flexibility index (Phi) is 11.9. The van der Waals surface area contributed by atoms with Crippen molar-refractivity contribution in [3.63, 3.8) is 0 Å². The molecule has 80 heavy (non-hydrogen) atoms. The number of anilines is 6. The Hall–Kier alpha value is -10.4. The van der Waals surface area contributed by atoms with Crippen molar-refractivity contribution in [2.45, 2.75) is 0 Å². The highest BCUT2D eigenvalue weighted by Crippen LogP contribution is 2.47. The second kappa shape index (κ2) is 19.8. The van der Waals surface area contributed by atoms with E-state index in [-0.39, 0.29) is 5.56 Å². The first-order valence-electron chi connectivity index (χ1n) is 26.4. The summed E-state index contributed by atoms with van der Waals surface area (Å²) in [7, 11) is 0. The summed E-state index contributed by atoms with van der Waals surface area (Å²) in [5.74, 6) is -6.12. The normalized spacial score (nSPS) is 11.5. The molecule has 0 bridgehead atoms. The van der Waals surface area contributed by atoms with E-state index < -0.39 is 34.5 Å². The molecular formula is C72H46F4N4. The zero-order valence-electron chi connectivity index (χ0n) is 42.9. The monoisotopic (exact) mass is 1040 g/mol. The standard InChI is InChI=1S/C72H46F4N4/c73-68-67(49-35-37-54(38-36-49)77(55-29-17-23-50(43-55)47-19-5-1-6-20-47)57-39-41-65-61(45-57)59-31-13-15-33-63(59)79(65)52-25-9-3-10-26-52)69(74)71(76)72(70(68)75)78(56-30-18-24-51(44-56)48-21-7-2-8-22-48)58-40-42-66-62(46-58)60-32-14-16-34-64(60)80(66)53-27-11-4-12-28-53/h1-46H. The van der Waals surface area contributed by atoms with Crippen molar-refractivity contribution < 1.29 is 17.6 Å². The van der Waals surface area contributed by atoms with Crippen molar-refractivity contribution >= 4 is 77.7 Å². The van der Waals surface area contributed by atoms with E-state index in [4.69, 9.17) is 0 Å². The minimum atomic E-state index is -1.54. The lowest BCUT2D eigenvalue weighted by Crippen LogP contribution is -2.17. The maximum absolute atomic E-state index is 17.6.